The van der Waals surface area contributed by atoms with Crippen molar-refractivity contribution in [1.82, 2.24) is 9.13 Å². The van der Waals surface area contributed by atoms with Crippen LogP contribution in [0.25, 0.3) is 143 Å². The number of fused-ring (bicyclic) bond motifs is 12. The van der Waals surface area contributed by atoms with Crippen LogP contribution in [0.4, 0.5) is 0 Å². The van der Waals surface area contributed by atoms with Gasteiger partial charge in [-0.1, -0.05) is 185 Å². The van der Waals surface area contributed by atoms with Crippen molar-refractivity contribution >= 4 is 87.5 Å². The first-order chi connectivity index (χ1) is 37.4. The van der Waals surface area contributed by atoms with Gasteiger partial charge in [-0.25, -0.2) is 0 Å². The topological polar surface area (TPSA) is 36.1 Å². The summed E-state index contributed by atoms with van der Waals surface area (Å²) in [5.74, 6) is 0.826. The van der Waals surface area contributed by atoms with Crippen molar-refractivity contribution in [2.45, 2.75) is 39.5 Å². The van der Waals surface area contributed by atoms with Crippen LogP contribution in [0.5, 0.6) is 0 Å². The van der Waals surface area contributed by atoms with E-state index in [2.05, 4.69) is 261 Å². The molecule has 4 heteroatoms. The maximum atomic E-state index is 7.24. The van der Waals surface area contributed by atoms with E-state index >= 15 is 0 Å². The molecule has 0 aliphatic rings. The van der Waals surface area contributed by atoms with Crippen LogP contribution in [0.2, 0.25) is 0 Å². The average Bonchev–Trinajstić information content (AvgIpc) is 4.24. The third-order valence-electron chi connectivity index (χ3n) is 16.1. The highest BCUT2D eigenvalue weighted by atomic mass is 16.3. The monoisotopic (exact) mass is 976 g/mol. The molecule has 4 heterocycles. The first-order valence-electron chi connectivity index (χ1n) is 26.6. The Kier molecular flexibility index (Phi) is 9.93. The van der Waals surface area contributed by atoms with Crippen molar-refractivity contribution in [3.05, 3.63) is 242 Å². The number of para-hydroxylation sites is 4. The van der Waals surface area contributed by atoms with Gasteiger partial charge in [-0.2, -0.15) is 0 Å². The Balaban J connectivity index is 0.986. The molecule has 0 fully saturated rings. The third-order valence-corrected chi connectivity index (χ3v) is 16.1. The first-order valence-corrected chi connectivity index (χ1v) is 26.6. The second kappa shape index (κ2) is 17.1. The van der Waals surface area contributed by atoms with Crippen LogP contribution in [-0.2, 0) is 0 Å². The van der Waals surface area contributed by atoms with E-state index in [1.54, 1.807) is 0 Å². The van der Waals surface area contributed by atoms with Gasteiger partial charge in [0.15, 0.2) is 0 Å². The van der Waals surface area contributed by atoms with Gasteiger partial charge in [0.1, 0.15) is 22.3 Å². The minimum atomic E-state index is 0.401. The van der Waals surface area contributed by atoms with Crippen LogP contribution in [0.1, 0.15) is 50.7 Å². The zero-order valence-corrected chi connectivity index (χ0v) is 42.8. The first kappa shape index (κ1) is 44.1. The summed E-state index contributed by atoms with van der Waals surface area (Å²) in [4.78, 5) is 0. The van der Waals surface area contributed by atoms with E-state index in [9.17, 15) is 0 Å². The molecule has 0 saturated heterocycles. The number of rotatable bonds is 8. The summed E-state index contributed by atoms with van der Waals surface area (Å²) < 4.78 is 18.8. The van der Waals surface area contributed by atoms with E-state index in [4.69, 9.17) is 8.83 Å². The van der Waals surface area contributed by atoms with Gasteiger partial charge in [-0.3, -0.25) is 0 Å². The van der Waals surface area contributed by atoms with Gasteiger partial charge in [0.25, 0.3) is 0 Å². The van der Waals surface area contributed by atoms with E-state index in [1.807, 2.05) is 6.07 Å². The smallest absolute Gasteiger partial charge is 0.143 e. The number of aromatic nitrogens is 2. The van der Waals surface area contributed by atoms with E-state index in [0.29, 0.717) is 11.8 Å². The molecule has 0 saturated carbocycles. The van der Waals surface area contributed by atoms with Crippen molar-refractivity contribution in [2.24, 2.45) is 0 Å². The standard InChI is InChI=1S/C72H52N2O2/c1-43(2)45-32-35-67-60(38-45)55-24-11-14-29-65(55)73(67)47-34-37-70-62(40-47)64-42-48(74-66-30-15-12-25-56(66)61-39-46(44(3)4)33-36-68(61)74)41-63(72(64)76-70)54-23-10-8-21-52(54)50-19-6-5-18-49(50)51-20-7-9-22-53(51)58-27-17-28-59-57-26-13-16-31-69(57)75-71(58)59/h5-44H,1-4H3. The Morgan fingerprint density at radius 1 is 0.263 bits per heavy atom. The quantitative estimate of drug-likeness (QED) is 0.152. The molecule has 362 valence electrons. The second-order valence-electron chi connectivity index (χ2n) is 21.1. The molecule has 4 aromatic heterocycles. The fourth-order valence-corrected chi connectivity index (χ4v) is 12.4. The van der Waals surface area contributed by atoms with E-state index < -0.39 is 0 Å². The van der Waals surface area contributed by atoms with Gasteiger partial charge in [0, 0.05) is 65.6 Å². The fraction of sp³-hybridized carbons (Fsp3) is 0.0833. The summed E-state index contributed by atoms with van der Waals surface area (Å²) in [7, 11) is 0. The zero-order chi connectivity index (χ0) is 50.8. The minimum absolute atomic E-state index is 0.401. The Bertz CT molecular complexity index is 4840. The van der Waals surface area contributed by atoms with Crippen LogP contribution in [0.3, 0.4) is 0 Å². The lowest BCUT2D eigenvalue weighted by Gasteiger charge is -2.18. The molecular weight excluding hydrogens is 925 g/mol. The summed E-state index contributed by atoms with van der Waals surface area (Å²) in [5.41, 5.74) is 21.8. The third kappa shape index (κ3) is 6.70. The van der Waals surface area contributed by atoms with Gasteiger partial charge < -0.3 is 18.0 Å². The Hall–Kier alpha value is -9.38. The maximum Gasteiger partial charge on any atom is 0.143 e. The summed E-state index contributed by atoms with van der Waals surface area (Å²) in [6.45, 7) is 9.09. The summed E-state index contributed by atoms with van der Waals surface area (Å²) in [5, 5.41) is 9.36. The Morgan fingerprint density at radius 2 is 0.671 bits per heavy atom. The van der Waals surface area contributed by atoms with Crippen LogP contribution in [0, 0.1) is 0 Å². The molecule has 0 amide bonds. The van der Waals surface area contributed by atoms with Gasteiger partial charge >= 0.3 is 0 Å². The van der Waals surface area contributed by atoms with Crippen LogP contribution in [-0.4, -0.2) is 9.13 Å². The molecule has 4 nitrogen and oxygen atoms in total. The van der Waals surface area contributed by atoms with Gasteiger partial charge in [-0.15, -0.1) is 0 Å². The largest absolute Gasteiger partial charge is 0.455 e. The Morgan fingerprint density at radius 3 is 1.24 bits per heavy atom. The lowest BCUT2D eigenvalue weighted by molar-refractivity contribution is 0.669. The van der Waals surface area contributed by atoms with E-state index in [-0.39, 0.29) is 0 Å². The normalized spacial score (nSPS) is 12.2. The molecule has 15 aromatic rings. The minimum Gasteiger partial charge on any atom is -0.455 e. The fourth-order valence-electron chi connectivity index (χ4n) is 12.4. The van der Waals surface area contributed by atoms with Crippen molar-refractivity contribution in [2.75, 3.05) is 0 Å². The lowest BCUT2D eigenvalue weighted by atomic mass is 9.86. The van der Waals surface area contributed by atoms with Crippen LogP contribution in [0.15, 0.2) is 239 Å². The van der Waals surface area contributed by atoms with Crippen LogP contribution < -0.4 is 0 Å². The zero-order valence-electron chi connectivity index (χ0n) is 42.8. The lowest BCUT2D eigenvalue weighted by Crippen LogP contribution is -1.97. The number of hydrogen-bond acceptors (Lipinski definition) is 2. The molecule has 0 N–H and O–H groups in total. The second-order valence-corrected chi connectivity index (χ2v) is 21.1. The maximum absolute atomic E-state index is 7.24. The summed E-state index contributed by atoms with van der Waals surface area (Å²) >= 11 is 0. The van der Waals surface area contributed by atoms with Crippen LogP contribution >= 0.6 is 0 Å². The molecule has 0 unspecified atom stereocenters. The number of furan rings is 2. The number of hydrogen-bond donors (Lipinski definition) is 0. The average molecular weight is 977 g/mol. The highest BCUT2D eigenvalue weighted by Crippen LogP contribution is 2.48. The van der Waals surface area contributed by atoms with Gasteiger partial charge in [0.05, 0.1) is 22.1 Å². The molecule has 76 heavy (non-hydrogen) atoms. The highest BCUT2D eigenvalue weighted by Gasteiger charge is 2.24. The van der Waals surface area contributed by atoms with Crippen molar-refractivity contribution in [1.29, 1.82) is 0 Å². The molecule has 0 spiro atoms. The molecule has 11 aromatic carbocycles. The van der Waals surface area contributed by atoms with Crippen molar-refractivity contribution < 1.29 is 8.83 Å². The van der Waals surface area contributed by atoms with E-state index in [1.165, 1.54) is 49.2 Å². The molecule has 0 atom stereocenters. The van der Waals surface area contributed by atoms with Gasteiger partial charge in [-0.05, 0) is 129 Å². The van der Waals surface area contributed by atoms with Crippen molar-refractivity contribution in [3.63, 3.8) is 0 Å². The van der Waals surface area contributed by atoms with E-state index in [0.717, 1.165) is 105 Å². The number of benzene rings is 11. The molecule has 0 bridgehead atoms. The van der Waals surface area contributed by atoms with Gasteiger partial charge in [0.2, 0.25) is 0 Å². The Labute approximate surface area is 440 Å². The predicted octanol–water partition coefficient (Wildman–Crippen LogP) is 20.6. The molecule has 15 rings (SSSR count). The summed E-state index contributed by atoms with van der Waals surface area (Å²) in [6.07, 6.45) is 0. The molecule has 0 radical (unpaired) electrons. The highest BCUT2D eigenvalue weighted by molar-refractivity contribution is 6.16. The SMILES string of the molecule is CC(C)c1ccc2c(c1)c1ccccc1n2-c1ccc2oc3c(-c4ccccc4-c4ccccc4-c4ccccc4-c4cccc5c4oc4ccccc45)cc(-n4c5ccccc5c5cc(C(C)C)ccc54)cc3c2c1. The predicted molar refractivity (Wildman–Crippen MR) is 320 cm³/mol. The molecular formula is C72H52N2O2. The molecule has 0 aliphatic carbocycles. The number of nitrogens with zero attached hydrogens (tertiary/aromatic N) is 2. The molecule has 0 aliphatic heterocycles. The van der Waals surface area contributed by atoms with Crippen molar-refractivity contribution in [3.8, 4) is 55.9 Å². The summed E-state index contributed by atoms with van der Waals surface area (Å²) in [6, 6.07) is 84.5.